The van der Waals surface area contributed by atoms with E-state index < -0.39 is 0 Å². The topological polar surface area (TPSA) is 43.9 Å². The Hall–Kier alpha value is -6.52. The first kappa shape index (κ1) is 35.2. The number of nitrogens with zero attached hydrogens (tertiary/aromatic N) is 3. The first-order chi connectivity index (χ1) is 27.0. The van der Waals surface area contributed by atoms with Crippen LogP contribution in [0.4, 0.5) is 0 Å². The summed E-state index contributed by atoms with van der Waals surface area (Å²) in [5, 5.41) is 11.6. The molecule has 0 spiro atoms. The molecule has 0 N–H and O–H groups in total. The minimum absolute atomic E-state index is 0.0737. The standard InChI is InChI=1S/C52H45N3O/c1-51(2,3)41-26-21-34(22-27-41)39-25-30-47-45(31-39)46-33-40(35-23-28-42(29-24-35)52(4,5)6)32-44(48(46)56-47)36-17-19-38(20-18-36)50-54-53-49(37-13-9-7-10-14-37)55(50)43-15-11-8-12-16-43/h7-33H,1-6H3. The second-order valence-electron chi connectivity index (χ2n) is 16.8. The number of fused-ring (bicyclic) bond motifs is 3. The van der Waals surface area contributed by atoms with E-state index in [1.807, 2.05) is 36.4 Å². The van der Waals surface area contributed by atoms with E-state index in [9.17, 15) is 0 Å². The Labute approximate surface area is 329 Å². The van der Waals surface area contributed by atoms with Gasteiger partial charge in [0.15, 0.2) is 11.6 Å². The zero-order valence-corrected chi connectivity index (χ0v) is 32.8. The largest absolute Gasteiger partial charge is 0.455 e. The van der Waals surface area contributed by atoms with Crippen LogP contribution in [-0.2, 0) is 10.8 Å². The van der Waals surface area contributed by atoms with Crippen molar-refractivity contribution >= 4 is 21.9 Å². The third kappa shape index (κ3) is 6.51. The van der Waals surface area contributed by atoms with E-state index in [4.69, 9.17) is 14.6 Å². The van der Waals surface area contributed by atoms with E-state index in [0.29, 0.717) is 0 Å². The van der Waals surface area contributed by atoms with Gasteiger partial charge < -0.3 is 4.42 Å². The Kier molecular flexibility index (Phi) is 8.58. The van der Waals surface area contributed by atoms with Crippen molar-refractivity contribution in [2.24, 2.45) is 0 Å². The van der Waals surface area contributed by atoms with Crippen molar-refractivity contribution in [3.8, 4) is 61.8 Å². The molecule has 0 aliphatic carbocycles. The number of hydrogen-bond acceptors (Lipinski definition) is 3. The molecule has 2 heterocycles. The van der Waals surface area contributed by atoms with E-state index in [1.54, 1.807) is 0 Å². The van der Waals surface area contributed by atoms with Crippen molar-refractivity contribution in [1.29, 1.82) is 0 Å². The summed E-state index contributed by atoms with van der Waals surface area (Å²) in [5.74, 6) is 1.58. The van der Waals surface area contributed by atoms with Gasteiger partial charge in [-0.25, -0.2) is 0 Å². The highest BCUT2D eigenvalue weighted by molar-refractivity contribution is 6.12. The van der Waals surface area contributed by atoms with Crippen LogP contribution in [0.15, 0.2) is 168 Å². The Bertz CT molecular complexity index is 2810. The highest BCUT2D eigenvalue weighted by Crippen LogP contribution is 2.42. The summed E-state index contributed by atoms with van der Waals surface area (Å²) in [6.07, 6.45) is 0. The number of rotatable bonds is 6. The first-order valence-corrected chi connectivity index (χ1v) is 19.4. The Morgan fingerprint density at radius 3 is 1.45 bits per heavy atom. The van der Waals surface area contributed by atoms with Crippen LogP contribution < -0.4 is 0 Å². The maximum absolute atomic E-state index is 6.77. The van der Waals surface area contributed by atoms with Crippen LogP contribution in [0.3, 0.4) is 0 Å². The molecule has 0 bridgehead atoms. The van der Waals surface area contributed by atoms with Gasteiger partial charge in [-0.3, -0.25) is 4.57 Å². The quantitative estimate of drug-likeness (QED) is 0.171. The highest BCUT2D eigenvalue weighted by atomic mass is 16.3. The summed E-state index contributed by atoms with van der Waals surface area (Å²) in [5.41, 5.74) is 14.4. The lowest BCUT2D eigenvalue weighted by molar-refractivity contribution is 0.590. The summed E-state index contributed by atoms with van der Waals surface area (Å²) in [6.45, 7) is 13.5. The summed E-state index contributed by atoms with van der Waals surface area (Å²) >= 11 is 0. The van der Waals surface area contributed by atoms with Gasteiger partial charge in [0.05, 0.1) is 0 Å². The summed E-state index contributed by atoms with van der Waals surface area (Å²) < 4.78 is 8.90. The molecule has 9 rings (SSSR count). The molecule has 0 saturated carbocycles. The number of furan rings is 1. The predicted octanol–water partition coefficient (Wildman–Crippen LogP) is 14.1. The third-order valence-electron chi connectivity index (χ3n) is 10.9. The monoisotopic (exact) mass is 727 g/mol. The molecule has 9 aromatic rings. The summed E-state index contributed by atoms with van der Waals surface area (Å²) in [7, 11) is 0. The van der Waals surface area contributed by atoms with Crippen LogP contribution in [0, 0.1) is 0 Å². The molecular weight excluding hydrogens is 683 g/mol. The van der Waals surface area contributed by atoms with Crippen LogP contribution in [0.25, 0.3) is 83.8 Å². The van der Waals surface area contributed by atoms with Gasteiger partial charge in [0.1, 0.15) is 11.2 Å². The van der Waals surface area contributed by atoms with Gasteiger partial charge in [0.25, 0.3) is 0 Å². The van der Waals surface area contributed by atoms with Gasteiger partial charge in [-0.05, 0) is 86.2 Å². The number of hydrogen-bond donors (Lipinski definition) is 0. The molecule has 0 unspecified atom stereocenters. The Morgan fingerprint density at radius 2 is 0.875 bits per heavy atom. The molecule has 0 radical (unpaired) electrons. The SMILES string of the molecule is CC(C)(C)c1ccc(-c2ccc3oc4c(-c5ccc(-c6nnc(-c7ccccc7)n6-c6ccccc6)cc5)cc(-c5ccc(C(C)(C)C)cc5)cc4c3c2)cc1. The molecule has 0 atom stereocenters. The molecule has 4 nitrogen and oxygen atoms in total. The van der Waals surface area contributed by atoms with Gasteiger partial charge >= 0.3 is 0 Å². The second kappa shape index (κ2) is 13.6. The molecule has 0 aliphatic heterocycles. The van der Waals surface area contributed by atoms with Gasteiger partial charge in [0.2, 0.25) is 0 Å². The lowest BCUT2D eigenvalue weighted by Crippen LogP contribution is -2.10. The van der Waals surface area contributed by atoms with Crippen molar-refractivity contribution < 1.29 is 4.42 Å². The average Bonchev–Trinajstić information content (AvgIpc) is 3.83. The molecule has 2 aromatic heterocycles. The maximum Gasteiger partial charge on any atom is 0.168 e. The van der Waals surface area contributed by atoms with Crippen LogP contribution in [0.1, 0.15) is 52.7 Å². The second-order valence-corrected chi connectivity index (χ2v) is 16.8. The van der Waals surface area contributed by atoms with Crippen molar-refractivity contribution in [2.45, 2.75) is 52.4 Å². The fraction of sp³-hybridized carbons (Fsp3) is 0.154. The fourth-order valence-corrected chi connectivity index (χ4v) is 7.63. The van der Waals surface area contributed by atoms with Gasteiger partial charge in [-0.1, -0.05) is 169 Å². The highest BCUT2D eigenvalue weighted by Gasteiger charge is 2.21. The van der Waals surface area contributed by atoms with E-state index in [2.05, 4.69) is 174 Å². The van der Waals surface area contributed by atoms with Gasteiger partial charge in [-0.15, -0.1) is 10.2 Å². The molecular formula is C52H45N3O. The van der Waals surface area contributed by atoms with Crippen molar-refractivity contribution in [3.05, 3.63) is 175 Å². The molecule has 7 aromatic carbocycles. The van der Waals surface area contributed by atoms with E-state index in [1.165, 1.54) is 27.8 Å². The molecule has 0 saturated heterocycles. The van der Waals surface area contributed by atoms with E-state index >= 15 is 0 Å². The molecule has 0 amide bonds. The average molecular weight is 728 g/mol. The minimum atomic E-state index is 0.0737. The van der Waals surface area contributed by atoms with Crippen LogP contribution in [-0.4, -0.2) is 14.8 Å². The van der Waals surface area contributed by atoms with E-state index in [0.717, 1.165) is 67.1 Å². The minimum Gasteiger partial charge on any atom is -0.455 e. The molecule has 0 fully saturated rings. The van der Waals surface area contributed by atoms with Crippen molar-refractivity contribution in [2.75, 3.05) is 0 Å². The van der Waals surface area contributed by atoms with E-state index in [-0.39, 0.29) is 10.8 Å². The van der Waals surface area contributed by atoms with Crippen LogP contribution >= 0.6 is 0 Å². The summed E-state index contributed by atoms with van der Waals surface area (Å²) in [4.78, 5) is 0. The summed E-state index contributed by atoms with van der Waals surface area (Å²) in [6, 6.07) is 58.3. The van der Waals surface area contributed by atoms with Gasteiger partial charge in [0, 0.05) is 33.2 Å². The first-order valence-electron chi connectivity index (χ1n) is 19.4. The molecule has 274 valence electrons. The predicted molar refractivity (Wildman–Crippen MR) is 233 cm³/mol. The zero-order valence-electron chi connectivity index (χ0n) is 32.8. The van der Waals surface area contributed by atoms with Crippen molar-refractivity contribution in [1.82, 2.24) is 14.8 Å². The Balaban J connectivity index is 1.18. The number of benzene rings is 7. The van der Waals surface area contributed by atoms with Gasteiger partial charge in [-0.2, -0.15) is 0 Å². The van der Waals surface area contributed by atoms with Crippen LogP contribution in [0.5, 0.6) is 0 Å². The van der Waals surface area contributed by atoms with Crippen LogP contribution in [0.2, 0.25) is 0 Å². The lowest BCUT2D eigenvalue weighted by Gasteiger charge is -2.19. The fourth-order valence-electron chi connectivity index (χ4n) is 7.63. The smallest absolute Gasteiger partial charge is 0.168 e. The Morgan fingerprint density at radius 1 is 0.411 bits per heavy atom. The number of para-hydroxylation sites is 1. The molecule has 56 heavy (non-hydrogen) atoms. The molecule has 0 aliphatic rings. The zero-order chi connectivity index (χ0) is 38.6. The number of aromatic nitrogens is 3. The third-order valence-corrected chi connectivity index (χ3v) is 10.9. The molecule has 4 heteroatoms. The lowest BCUT2D eigenvalue weighted by atomic mass is 9.86. The normalized spacial score (nSPS) is 12.1. The van der Waals surface area contributed by atoms with Crippen molar-refractivity contribution in [3.63, 3.8) is 0 Å². The maximum atomic E-state index is 6.77.